The Kier molecular flexibility index (Phi) is 3.80. The maximum absolute atomic E-state index is 11.9. The standard InChI is InChI=1S/C15H18O5.Li/c1-8-4-5-15(10(8)6-11(17)20-15)14(3)7-19-13(18)12(14)9(2)16;/h6,8,16H,4-5,7H2,1-3H3;/q;+1/p-1/b12-9+;/t8-,14-,15+;/m1./s1. The Morgan fingerprint density at radius 1 is 1.43 bits per heavy atom. The minimum atomic E-state index is -0.892. The summed E-state index contributed by atoms with van der Waals surface area (Å²) in [6, 6.07) is 0. The first-order chi connectivity index (χ1) is 9.32. The van der Waals surface area contributed by atoms with E-state index in [0.717, 1.165) is 12.0 Å². The van der Waals surface area contributed by atoms with E-state index in [-0.39, 0.29) is 42.7 Å². The van der Waals surface area contributed by atoms with Gasteiger partial charge >= 0.3 is 30.8 Å². The molecule has 2 fully saturated rings. The van der Waals surface area contributed by atoms with Crippen molar-refractivity contribution >= 4 is 11.9 Å². The van der Waals surface area contributed by atoms with Crippen molar-refractivity contribution in [1.82, 2.24) is 0 Å². The number of ether oxygens (including phenoxy) is 2. The molecule has 6 heteroatoms. The van der Waals surface area contributed by atoms with Crippen molar-refractivity contribution in [3.63, 3.8) is 0 Å². The van der Waals surface area contributed by atoms with Crippen molar-refractivity contribution in [2.24, 2.45) is 11.3 Å². The molecule has 2 aliphatic heterocycles. The Morgan fingerprint density at radius 3 is 2.71 bits per heavy atom. The Labute approximate surface area is 135 Å². The number of hydrogen-bond acceptors (Lipinski definition) is 5. The molecule has 108 valence electrons. The van der Waals surface area contributed by atoms with Gasteiger partial charge in [-0.25, -0.2) is 9.59 Å². The fourth-order valence-corrected chi connectivity index (χ4v) is 3.95. The van der Waals surface area contributed by atoms with Crippen LogP contribution in [0.1, 0.15) is 33.6 Å². The van der Waals surface area contributed by atoms with Crippen molar-refractivity contribution in [2.45, 2.75) is 39.2 Å². The largest absolute Gasteiger partial charge is 1.00 e. The molecule has 3 atom stereocenters. The van der Waals surface area contributed by atoms with Crippen LogP contribution < -0.4 is 24.0 Å². The van der Waals surface area contributed by atoms with Crippen LogP contribution in [0, 0.1) is 11.3 Å². The first-order valence-corrected chi connectivity index (χ1v) is 6.82. The van der Waals surface area contributed by atoms with E-state index in [9.17, 15) is 14.7 Å². The molecule has 0 aromatic rings. The second kappa shape index (κ2) is 4.93. The molecular formula is C15H17LiO5. The van der Waals surface area contributed by atoms with E-state index < -0.39 is 23.0 Å². The molecule has 3 rings (SSSR count). The maximum Gasteiger partial charge on any atom is 1.00 e. The average molecular weight is 284 g/mol. The molecule has 1 saturated carbocycles. The molecule has 0 amide bonds. The van der Waals surface area contributed by atoms with Gasteiger partial charge in [0.15, 0.2) is 0 Å². The molecule has 0 N–H and O–H groups in total. The minimum Gasteiger partial charge on any atom is -0.875 e. The van der Waals surface area contributed by atoms with Crippen molar-refractivity contribution in [2.75, 3.05) is 6.61 Å². The summed E-state index contributed by atoms with van der Waals surface area (Å²) in [4.78, 5) is 23.6. The number of fused-ring (bicyclic) bond motifs is 1. The summed E-state index contributed by atoms with van der Waals surface area (Å²) in [7, 11) is 0. The fraction of sp³-hybridized carbons (Fsp3) is 0.600. The molecule has 1 aliphatic carbocycles. The molecule has 3 aliphatic rings. The summed E-state index contributed by atoms with van der Waals surface area (Å²) in [6.45, 7) is 5.26. The predicted molar refractivity (Wildman–Crippen MR) is 67.1 cm³/mol. The van der Waals surface area contributed by atoms with Crippen LogP contribution in [0.15, 0.2) is 23.0 Å². The van der Waals surface area contributed by atoms with Gasteiger partial charge in [-0.15, -0.1) is 5.76 Å². The molecule has 1 saturated heterocycles. The Morgan fingerprint density at radius 2 is 2.10 bits per heavy atom. The third kappa shape index (κ3) is 1.91. The summed E-state index contributed by atoms with van der Waals surface area (Å²) in [5.41, 5.74) is -0.774. The number of carbonyl (C=O) groups is 2. The predicted octanol–water partition coefficient (Wildman–Crippen LogP) is -2.16. The van der Waals surface area contributed by atoms with Gasteiger partial charge in [0.1, 0.15) is 12.2 Å². The fourth-order valence-electron chi connectivity index (χ4n) is 3.95. The van der Waals surface area contributed by atoms with Crippen LogP contribution in [0.25, 0.3) is 0 Å². The number of cyclic esters (lactones) is 1. The molecule has 2 heterocycles. The van der Waals surface area contributed by atoms with Gasteiger partial charge in [0.05, 0.1) is 5.41 Å². The number of rotatable bonds is 1. The number of allylic oxidation sites excluding steroid dienone is 1. The summed E-state index contributed by atoms with van der Waals surface area (Å²) >= 11 is 0. The van der Waals surface area contributed by atoms with Crippen LogP contribution in [0.2, 0.25) is 0 Å². The number of esters is 2. The monoisotopic (exact) mass is 284 g/mol. The summed E-state index contributed by atoms with van der Waals surface area (Å²) in [6.07, 6.45) is 3.01. The molecule has 5 nitrogen and oxygen atoms in total. The van der Waals surface area contributed by atoms with E-state index in [2.05, 4.69) is 0 Å². The van der Waals surface area contributed by atoms with E-state index in [1.54, 1.807) is 6.92 Å². The van der Waals surface area contributed by atoms with E-state index in [1.807, 2.05) is 6.92 Å². The normalized spacial score (nSPS) is 40.1. The van der Waals surface area contributed by atoms with Crippen molar-refractivity contribution < 1.29 is 43.0 Å². The van der Waals surface area contributed by atoms with Crippen LogP contribution in [-0.2, 0) is 19.1 Å². The zero-order chi connectivity index (χ0) is 14.7. The molecule has 0 unspecified atom stereocenters. The molecule has 0 bridgehead atoms. The van der Waals surface area contributed by atoms with Crippen LogP contribution in [-0.4, -0.2) is 24.1 Å². The summed E-state index contributed by atoms with van der Waals surface area (Å²) in [5, 5.41) is 11.9. The van der Waals surface area contributed by atoms with E-state index in [1.165, 1.54) is 13.0 Å². The zero-order valence-corrected chi connectivity index (χ0v) is 12.8. The van der Waals surface area contributed by atoms with Gasteiger partial charge in [-0.1, -0.05) is 13.8 Å². The van der Waals surface area contributed by atoms with Crippen LogP contribution >= 0.6 is 0 Å². The molecular weight excluding hydrogens is 267 g/mol. The minimum absolute atomic E-state index is 0. The smallest absolute Gasteiger partial charge is 0.875 e. The van der Waals surface area contributed by atoms with Crippen LogP contribution in [0.3, 0.4) is 0 Å². The SMILES string of the molecule is C/C([O-])=C1/C(=O)OC[C@@]1(C)[C@]12CC[C@@H](C)C1=CC(=O)O2.[Li+]. The second-order valence-corrected chi connectivity index (χ2v) is 6.13. The van der Waals surface area contributed by atoms with Crippen LogP contribution in [0.5, 0.6) is 0 Å². The van der Waals surface area contributed by atoms with Gasteiger partial charge in [-0.2, -0.15) is 0 Å². The summed E-state index contributed by atoms with van der Waals surface area (Å²) in [5.74, 6) is -1.08. The topological polar surface area (TPSA) is 75.7 Å². The van der Waals surface area contributed by atoms with E-state index in [0.29, 0.717) is 6.42 Å². The molecule has 0 aromatic heterocycles. The van der Waals surface area contributed by atoms with Gasteiger partial charge in [0.2, 0.25) is 0 Å². The van der Waals surface area contributed by atoms with Crippen LogP contribution in [0.4, 0.5) is 0 Å². The Balaban J connectivity index is 0.00000161. The maximum atomic E-state index is 11.9. The third-order valence-electron chi connectivity index (χ3n) is 4.97. The molecule has 0 radical (unpaired) electrons. The first-order valence-electron chi connectivity index (χ1n) is 6.82. The Hall–Kier alpha value is -1.18. The van der Waals surface area contributed by atoms with Gasteiger partial charge in [0, 0.05) is 11.6 Å². The van der Waals surface area contributed by atoms with E-state index >= 15 is 0 Å². The third-order valence-corrected chi connectivity index (χ3v) is 4.97. The van der Waals surface area contributed by atoms with Gasteiger partial charge in [-0.3, -0.25) is 0 Å². The average Bonchev–Trinajstić information content (AvgIpc) is 2.94. The summed E-state index contributed by atoms with van der Waals surface area (Å²) < 4.78 is 10.7. The second-order valence-electron chi connectivity index (χ2n) is 6.13. The molecule has 0 spiro atoms. The number of hydrogen-bond donors (Lipinski definition) is 0. The van der Waals surface area contributed by atoms with Gasteiger partial charge in [-0.05, 0) is 31.3 Å². The number of carbonyl (C=O) groups excluding carboxylic acids is 2. The van der Waals surface area contributed by atoms with Crippen molar-refractivity contribution in [1.29, 1.82) is 0 Å². The van der Waals surface area contributed by atoms with E-state index in [4.69, 9.17) is 9.47 Å². The van der Waals surface area contributed by atoms with Crippen molar-refractivity contribution in [3.05, 3.63) is 23.0 Å². The first kappa shape index (κ1) is 16.2. The zero-order valence-electron chi connectivity index (χ0n) is 12.8. The molecule has 21 heavy (non-hydrogen) atoms. The van der Waals surface area contributed by atoms with Gasteiger partial charge < -0.3 is 14.6 Å². The van der Waals surface area contributed by atoms with Crippen molar-refractivity contribution in [3.8, 4) is 0 Å². The quantitative estimate of drug-likeness (QED) is 0.237. The van der Waals surface area contributed by atoms with Gasteiger partial charge in [0.25, 0.3) is 0 Å². The molecule has 0 aromatic carbocycles. The Bertz CT molecular complexity index is 575.